The number of fused-ring (bicyclic) bond motifs is 1. The minimum absolute atomic E-state index is 0.660. The van der Waals surface area contributed by atoms with E-state index >= 15 is 0 Å². The Balaban J connectivity index is 2.03. The molecule has 1 aliphatic heterocycles. The van der Waals surface area contributed by atoms with E-state index in [1.807, 2.05) is 7.05 Å². The lowest BCUT2D eigenvalue weighted by Crippen LogP contribution is -2.20. The lowest BCUT2D eigenvalue weighted by Gasteiger charge is -2.15. The van der Waals surface area contributed by atoms with E-state index in [1.165, 1.54) is 11.1 Å². The van der Waals surface area contributed by atoms with Gasteiger partial charge in [-0.2, -0.15) is 0 Å². The summed E-state index contributed by atoms with van der Waals surface area (Å²) in [5.41, 5.74) is 2.65. The maximum atomic E-state index is 5.47. The molecule has 0 radical (unpaired) electrons. The SMILES string of the molecule is COCN(C)Cc1ccc2c(c1)CCO2. The van der Waals surface area contributed by atoms with Crippen LogP contribution in [0.15, 0.2) is 18.2 Å². The molecule has 0 bridgehead atoms. The molecule has 0 saturated carbocycles. The Hall–Kier alpha value is -1.06. The van der Waals surface area contributed by atoms with Gasteiger partial charge in [0.15, 0.2) is 0 Å². The van der Waals surface area contributed by atoms with Gasteiger partial charge in [-0.3, -0.25) is 4.90 Å². The van der Waals surface area contributed by atoms with Crippen molar-refractivity contribution in [3.05, 3.63) is 29.3 Å². The molecule has 15 heavy (non-hydrogen) atoms. The highest BCUT2D eigenvalue weighted by Gasteiger charge is 2.12. The molecule has 0 unspecified atom stereocenters. The van der Waals surface area contributed by atoms with Crippen LogP contribution in [0.1, 0.15) is 11.1 Å². The van der Waals surface area contributed by atoms with Crippen molar-refractivity contribution in [2.75, 3.05) is 27.5 Å². The quantitative estimate of drug-likeness (QED) is 0.701. The lowest BCUT2D eigenvalue weighted by molar-refractivity contribution is 0.0771. The fraction of sp³-hybridized carbons (Fsp3) is 0.500. The third-order valence-corrected chi connectivity index (χ3v) is 2.56. The second-order valence-electron chi connectivity index (χ2n) is 3.97. The van der Waals surface area contributed by atoms with Gasteiger partial charge in [0.05, 0.1) is 13.3 Å². The van der Waals surface area contributed by atoms with E-state index in [0.717, 1.165) is 25.3 Å². The summed E-state index contributed by atoms with van der Waals surface area (Å²) in [5, 5.41) is 0. The molecule has 0 fully saturated rings. The second-order valence-corrected chi connectivity index (χ2v) is 3.97. The summed E-state index contributed by atoms with van der Waals surface area (Å²) in [6.07, 6.45) is 1.04. The summed E-state index contributed by atoms with van der Waals surface area (Å²) in [6, 6.07) is 6.42. The zero-order chi connectivity index (χ0) is 10.7. The zero-order valence-electron chi connectivity index (χ0n) is 9.32. The zero-order valence-corrected chi connectivity index (χ0v) is 9.32. The van der Waals surface area contributed by atoms with Crippen LogP contribution in [0.3, 0.4) is 0 Å². The van der Waals surface area contributed by atoms with Crippen molar-refractivity contribution >= 4 is 0 Å². The van der Waals surface area contributed by atoms with Gasteiger partial charge in [-0.15, -0.1) is 0 Å². The molecule has 1 aromatic rings. The van der Waals surface area contributed by atoms with E-state index in [1.54, 1.807) is 7.11 Å². The minimum Gasteiger partial charge on any atom is -0.493 e. The van der Waals surface area contributed by atoms with Gasteiger partial charge in [0.2, 0.25) is 0 Å². The lowest BCUT2D eigenvalue weighted by atomic mass is 10.1. The van der Waals surface area contributed by atoms with E-state index in [0.29, 0.717) is 6.73 Å². The average Bonchev–Trinajstić information content (AvgIpc) is 2.65. The Morgan fingerprint density at radius 2 is 2.33 bits per heavy atom. The average molecular weight is 207 g/mol. The number of methoxy groups -OCH3 is 1. The predicted molar refractivity (Wildman–Crippen MR) is 59.0 cm³/mol. The predicted octanol–water partition coefficient (Wildman–Crippen LogP) is 1.66. The number of rotatable bonds is 4. The van der Waals surface area contributed by atoms with Gasteiger partial charge >= 0.3 is 0 Å². The minimum atomic E-state index is 0.660. The molecule has 1 aliphatic rings. The molecular weight excluding hydrogens is 190 g/mol. The molecule has 1 aromatic carbocycles. The Labute approximate surface area is 90.6 Å². The fourth-order valence-corrected chi connectivity index (χ4v) is 1.92. The maximum absolute atomic E-state index is 5.47. The van der Waals surface area contributed by atoms with Crippen LogP contribution < -0.4 is 4.74 Å². The van der Waals surface area contributed by atoms with Gasteiger partial charge in [-0.25, -0.2) is 0 Å². The highest BCUT2D eigenvalue weighted by molar-refractivity contribution is 5.39. The number of ether oxygens (including phenoxy) is 2. The van der Waals surface area contributed by atoms with Gasteiger partial charge in [0.25, 0.3) is 0 Å². The van der Waals surface area contributed by atoms with Crippen molar-refractivity contribution in [1.29, 1.82) is 0 Å². The third-order valence-electron chi connectivity index (χ3n) is 2.56. The maximum Gasteiger partial charge on any atom is 0.122 e. The van der Waals surface area contributed by atoms with Gasteiger partial charge in [-0.05, 0) is 24.2 Å². The Morgan fingerprint density at radius 3 is 3.13 bits per heavy atom. The number of benzene rings is 1. The fourth-order valence-electron chi connectivity index (χ4n) is 1.92. The number of hydrogen-bond acceptors (Lipinski definition) is 3. The summed E-state index contributed by atoms with van der Waals surface area (Å²) in [5.74, 6) is 1.05. The van der Waals surface area contributed by atoms with Crippen molar-refractivity contribution in [1.82, 2.24) is 4.90 Å². The monoisotopic (exact) mass is 207 g/mol. The first-order valence-corrected chi connectivity index (χ1v) is 5.21. The second kappa shape index (κ2) is 4.64. The first-order chi connectivity index (χ1) is 7.29. The molecule has 0 amide bonds. The molecule has 1 heterocycles. The van der Waals surface area contributed by atoms with E-state index in [2.05, 4.69) is 23.1 Å². The highest BCUT2D eigenvalue weighted by atomic mass is 16.5. The van der Waals surface area contributed by atoms with Crippen LogP contribution >= 0.6 is 0 Å². The van der Waals surface area contributed by atoms with Crippen LogP contribution in [0.5, 0.6) is 5.75 Å². The number of hydrogen-bond donors (Lipinski definition) is 0. The summed E-state index contributed by atoms with van der Waals surface area (Å²) in [4.78, 5) is 2.14. The summed E-state index contributed by atoms with van der Waals surface area (Å²) >= 11 is 0. The Morgan fingerprint density at radius 1 is 1.47 bits per heavy atom. The molecule has 0 N–H and O–H groups in total. The topological polar surface area (TPSA) is 21.7 Å². The first kappa shape index (κ1) is 10.5. The van der Waals surface area contributed by atoms with Crippen LogP contribution in [0.2, 0.25) is 0 Å². The molecule has 0 saturated heterocycles. The molecular formula is C12H17NO2. The van der Waals surface area contributed by atoms with Crippen molar-refractivity contribution < 1.29 is 9.47 Å². The van der Waals surface area contributed by atoms with Gasteiger partial charge < -0.3 is 9.47 Å². The third kappa shape index (κ3) is 2.49. The van der Waals surface area contributed by atoms with Crippen molar-refractivity contribution in [3.8, 4) is 5.75 Å². The standard InChI is InChI=1S/C12H17NO2/c1-13(9-14-2)8-10-3-4-12-11(7-10)5-6-15-12/h3-4,7H,5-6,8-9H2,1-2H3. The van der Waals surface area contributed by atoms with Crippen molar-refractivity contribution in [3.63, 3.8) is 0 Å². The highest BCUT2D eigenvalue weighted by Crippen LogP contribution is 2.26. The van der Waals surface area contributed by atoms with E-state index < -0.39 is 0 Å². The van der Waals surface area contributed by atoms with Gasteiger partial charge in [-0.1, -0.05) is 12.1 Å². The van der Waals surface area contributed by atoms with Crippen molar-refractivity contribution in [2.24, 2.45) is 0 Å². The summed E-state index contributed by atoms with van der Waals surface area (Å²) < 4.78 is 10.5. The molecule has 0 spiro atoms. The largest absolute Gasteiger partial charge is 0.493 e. The first-order valence-electron chi connectivity index (χ1n) is 5.21. The summed E-state index contributed by atoms with van der Waals surface area (Å²) in [6.45, 7) is 2.40. The van der Waals surface area contributed by atoms with Crippen LogP contribution in [0.4, 0.5) is 0 Å². The van der Waals surface area contributed by atoms with Crippen LogP contribution in [0, 0.1) is 0 Å². The molecule has 3 nitrogen and oxygen atoms in total. The molecule has 0 atom stereocenters. The molecule has 3 heteroatoms. The molecule has 2 rings (SSSR count). The van der Waals surface area contributed by atoms with Gasteiger partial charge in [0.1, 0.15) is 5.75 Å². The molecule has 82 valence electrons. The van der Waals surface area contributed by atoms with E-state index in [4.69, 9.17) is 9.47 Å². The van der Waals surface area contributed by atoms with E-state index in [9.17, 15) is 0 Å². The van der Waals surface area contributed by atoms with E-state index in [-0.39, 0.29) is 0 Å². The summed E-state index contributed by atoms with van der Waals surface area (Å²) in [7, 11) is 3.76. The Kier molecular flexibility index (Phi) is 3.23. The Bertz CT molecular complexity index is 338. The smallest absolute Gasteiger partial charge is 0.122 e. The van der Waals surface area contributed by atoms with Crippen LogP contribution in [-0.4, -0.2) is 32.4 Å². The molecule has 0 aromatic heterocycles. The molecule has 0 aliphatic carbocycles. The van der Waals surface area contributed by atoms with Crippen LogP contribution in [-0.2, 0) is 17.7 Å². The normalized spacial score (nSPS) is 14.1. The number of nitrogens with zero attached hydrogens (tertiary/aromatic N) is 1. The van der Waals surface area contributed by atoms with Gasteiger partial charge in [0, 0.05) is 20.1 Å². The van der Waals surface area contributed by atoms with Crippen LogP contribution in [0.25, 0.3) is 0 Å². The van der Waals surface area contributed by atoms with Crippen molar-refractivity contribution in [2.45, 2.75) is 13.0 Å².